The van der Waals surface area contributed by atoms with Crippen molar-refractivity contribution in [2.45, 2.75) is 25.7 Å². The van der Waals surface area contributed by atoms with Gasteiger partial charge in [0.1, 0.15) is 6.54 Å². The van der Waals surface area contributed by atoms with E-state index in [0.29, 0.717) is 11.4 Å². The maximum Gasteiger partial charge on any atom is 0.264 e. The Bertz CT molecular complexity index is 1110. The summed E-state index contributed by atoms with van der Waals surface area (Å²) in [6, 6.07) is 21.1. The van der Waals surface area contributed by atoms with Gasteiger partial charge in [0, 0.05) is 5.69 Å². The van der Waals surface area contributed by atoms with Gasteiger partial charge in [0.2, 0.25) is 5.91 Å². The molecule has 0 bridgehead atoms. The SMILES string of the molecule is Cc1ccc(S(=O)(=O)N(CC(=O)Nc2ccccc2)c2ccc(C)cc2C)cc1. The zero-order valence-electron chi connectivity index (χ0n) is 16.7. The van der Waals surface area contributed by atoms with Gasteiger partial charge in [0.15, 0.2) is 0 Å². The summed E-state index contributed by atoms with van der Waals surface area (Å²) in [6.07, 6.45) is 0. The molecule has 1 amide bonds. The van der Waals surface area contributed by atoms with Crippen LogP contribution in [-0.4, -0.2) is 20.9 Å². The van der Waals surface area contributed by atoms with Crippen LogP contribution in [0, 0.1) is 20.8 Å². The van der Waals surface area contributed by atoms with E-state index < -0.39 is 15.9 Å². The third-order valence-electron chi connectivity index (χ3n) is 4.57. The number of sulfonamides is 1. The highest BCUT2D eigenvalue weighted by Crippen LogP contribution is 2.28. The smallest absolute Gasteiger partial charge is 0.264 e. The van der Waals surface area contributed by atoms with Crippen molar-refractivity contribution in [1.29, 1.82) is 0 Å². The van der Waals surface area contributed by atoms with Gasteiger partial charge in [-0.3, -0.25) is 9.10 Å². The standard InChI is InChI=1S/C23H24N2O3S/c1-17-9-12-21(13-10-17)29(27,28)25(22-14-11-18(2)15-19(22)3)16-23(26)24-20-7-5-4-6-8-20/h4-15H,16H2,1-3H3,(H,24,26). The number of benzene rings is 3. The summed E-state index contributed by atoms with van der Waals surface area (Å²) in [5.41, 5.74) is 3.87. The average molecular weight is 409 g/mol. The lowest BCUT2D eigenvalue weighted by molar-refractivity contribution is -0.114. The van der Waals surface area contributed by atoms with Crippen molar-refractivity contribution < 1.29 is 13.2 Å². The number of rotatable bonds is 6. The number of nitrogens with one attached hydrogen (secondary N) is 1. The Kier molecular flexibility index (Phi) is 6.03. The Labute approximate surface area is 172 Å². The zero-order chi connectivity index (χ0) is 21.0. The van der Waals surface area contributed by atoms with Gasteiger partial charge < -0.3 is 5.32 Å². The number of nitrogens with zero attached hydrogens (tertiary/aromatic N) is 1. The molecule has 0 fully saturated rings. The lowest BCUT2D eigenvalue weighted by Crippen LogP contribution is -2.38. The van der Waals surface area contributed by atoms with Gasteiger partial charge in [0.25, 0.3) is 10.0 Å². The number of amides is 1. The van der Waals surface area contributed by atoms with Crippen molar-refractivity contribution in [1.82, 2.24) is 0 Å². The largest absolute Gasteiger partial charge is 0.325 e. The van der Waals surface area contributed by atoms with Crippen molar-refractivity contribution in [3.63, 3.8) is 0 Å². The molecule has 0 aliphatic heterocycles. The van der Waals surface area contributed by atoms with E-state index in [-0.39, 0.29) is 11.4 Å². The van der Waals surface area contributed by atoms with Crippen LogP contribution in [0.2, 0.25) is 0 Å². The number of para-hydroxylation sites is 1. The maximum atomic E-state index is 13.4. The Morgan fingerprint density at radius 1 is 0.862 bits per heavy atom. The molecule has 3 rings (SSSR count). The fourth-order valence-electron chi connectivity index (χ4n) is 3.07. The van der Waals surface area contributed by atoms with Crippen LogP contribution < -0.4 is 9.62 Å². The first-order chi connectivity index (χ1) is 13.8. The van der Waals surface area contributed by atoms with Gasteiger partial charge in [-0.1, -0.05) is 53.6 Å². The second-order valence-corrected chi connectivity index (χ2v) is 8.89. The van der Waals surface area contributed by atoms with Crippen LogP contribution in [0.1, 0.15) is 16.7 Å². The zero-order valence-corrected chi connectivity index (χ0v) is 17.5. The lowest BCUT2D eigenvalue weighted by Gasteiger charge is -2.26. The minimum absolute atomic E-state index is 0.149. The number of carbonyl (C=O) groups is 1. The van der Waals surface area contributed by atoms with Gasteiger partial charge in [-0.15, -0.1) is 0 Å². The fourth-order valence-corrected chi connectivity index (χ4v) is 4.56. The minimum Gasteiger partial charge on any atom is -0.325 e. The maximum absolute atomic E-state index is 13.4. The van der Waals surface area contributed by atoms with Gasteiger partial charge in [-0.25, -0.2) is 8.42 Å². The molecule has 0 saturated carbocycles. The first kappa shape index (κ1) is 20.6. The molecule has 0 aromatic heterocycles. The van der Waals surface area contributed by atoms with E-state index in [0.717, 1.165) is 16.7 Å². The normalized spacial score (nSPS) is 11.1. The van der Waals surface area contributed by atoms with Gasteiger partial charge in [-0.05, 0) is 56.7 Å². The van der Waals surface area contributed by atoms with E-state index >= 15 is 0 Å². The van der Waals surface area contributed by atoms with E-state index in [4.69, 9.17) is 0 Å². The summed E-state index contributed by atoms with van der Waals surface area (Å²) in [7, 11) is -3.92. The van der Waals surface area contributed by atoms with Crippen molar-refractivity contribution in [3.05, 3.63) is 89.5 Å². The molecule has 6 heteroatoms. The molecule has 29 heavy (non-hydrogen) atoms. The number of anilines is 2. The Morgan fingerprint density at radius 3 is 2.10 bits per heavy atom. The van der Waals surface area contributed by atoms with Crippen molar-refractivity contribution in [2.75, 3.05) is 16.2 Å². The highest BCUT2D eigenvalue weighted by atomic mass is 32.2. The van der Waals surface area contributed by atoms with Crippen LogP contribution in [0.15, 0.2) is 77.7 Å². The van der Waals surface area contributed by atoms with Crippen LogP contribution in [0.4, 0.5) is 11.4 Å². The molecule has 0 aliphatic carbocycles. The number of aryl methyl sites for hydroxylation is 3. The first-order valence-electron chi connectivity index (χ1n) is 9.29. The summed E-state index contributed by atoms with van der Waals surface area (Å²) < 4.78 is 28.0. The molecule has 5 nitrogen and oxygen atoms in total. The third kappa shape index (κ3) is 4.84. The van der Waals surface area contributed by atoms with E-state index in [1.165, 1.54) is 4.31 Å². The average Bonchev–Trinajstić information content (AvgIpc) is 2.68. The number of carbonyl (C=O) groups excluding carboxylic acids is 1. The lowest BCUT2D eigenvalue weighted by atomic mass is 10.1. The van der Waals surface area contributed by atoms with Gasteiger partial charge >= 0.3 is 0 Å². The molecule has 1 N–H and O–H groups in total. The summed E-state index contributed by atoms with van der Waals surface area (Å²) in [5.74, 6) is -0.410. The van der Waals surface area contributed by atoms with E-state index in [2.05, 4.69) is 5.32 Å². The third-order valence-corrected chi connectivity index (χ3v) is 6.35. The summed E-state index contributed by atoms with van der Waals surface area (Å²) >= 11 is 0. The van der Waals surface area contributed by atoms with Crippen molar-refractivity contribution in [2.24, 2.45) is 0 Å². The molecule has 0 aliphatic rings. The second kappa shape index (κ2) is 8.49. The molecule has 0 spiro atoms. The highest BCUT2D eigenvalue weighted by Gasteiger charge is 2.28. The monoisotopic (exact) mass is 408 g/mol. The second-order valence-electron chi connectivity index (χ2n) is 7.03. The van der Waals surface area contributed by atoms with Crippen LogP contribution in [-0.2, 0) is 14.8 Å². The van der Waals surface area contributed by atoms with Crippen LogP contribution >= 0.6 is 0 Å². The van der Waals surface area contributed by atoms with Crippen molar-refractivity contribution in [3.8, 4) is 0 Å². The molecule has 3 aromatic rings. The van der Waals surface area contributed by atoms with Crippen LogP contribution in [0.25, 0.3) is 0 Å². The predicted octanol–water partition coefficient (Wildman–Crippen LogP) is 4.45. The molecule has 0 heterocycles. The molecular formula is C23H24N2O3S. The minimum atomic E-state index is -3.92. The Balaban J connectivity index is 1.99. The Morgan fingerprint density at radius 2 is 1.48 bits per heavy atom. The van der Waals surface area contributed by atoms with Crippen LogP contribution in [0.5, 0.6) is 0 Å². The van der Waals surface area contributed by atoms with Gasteiger partial charge in [-0.2, -0.15) is 0 Å². The van der Waals surface area contributed by atoms with Gasteiger partial charge in [0.05, 0.1) is 10.6 Å². The van der Waals surface area contributed by atoms with E-state index in [9.17, 15) is 13.2 Å². The molecule has 3 aromatic carbocycles. The number of hydrogen-bond acceptors (Lipinski definition) is 3. The molecule has 150 valence electrons. The van der Waals surface area contributed by atoms with Crippen LogP contribution in [0.3, 0.4) is 0 Å². The quantitative estimate of drug-likeness (QED) is 0.655. The van der Waals surface area contributed by atoms with E-state index in [1.54, 1.807) is 54.6 Å². The van der Waals surface area contributed by atoms with E-state index in [1.807, 2.05) is 39.0 Å². The molecular weight excluding hydrogens is 384 g/mol. The highest BCUT2D eigenvalue weighted by molar-refractivity contribution is 7.92. The molecule has 0 saturated heterocycles. The molecule has 0 atom stereocenters. The summed E-state index contributed by atoms with van der Waals surface area (Å²) in [5, 5.41) is 2.76. The topological polar surface area (TPSA) is 66.5 Å². The van der Waals surface area contributed by atoms with Crippen molar-refractivity contribution >= 4 is 27.3 Å². The summed E-state index contributed by atoms with van der Waals surface area (Å²) in [4.78, 5) is 12.8. The Hall–Kier alpha value is -3.12. The molecule has 0 unspecified atom stereocenters. The molecule has 0 radical (unpaired) electrons. The first-order valence-corrected chi connectivity index (χ1v) is 10.7. The fraction of sp³-hybridized carbons (Fsp3) is 0.174. The predicted molar refractivity (Wildman–Crippen MR) is 117 cm³/mol. The number of hydrogen-bond donors (Lipinski definition) is 1. The summed E-state index contributed by atoms with van der Waals surface area (Å²) in [6.45, 7) is 5.35.